The Kier molecular flexibility index (Phi) is 14.3. The third-order valence-corrected chi connectivity index (χ3v) is 16.7. The zero-order chi connectivity index (χ0) is 47.1. The number of aliphatic hydroxyl groups is 13. The lowest BCUT2D eigenvalue weighted by Crippen LogP contribution is -2.67. The molecule has 372 valence electrons. The summed E-state index contributed by atoms with van der Waals surface area (Å²) >= 11 is 0. The summed E-state index contributed by atoms with van der Waals surface area (Å²) in [5, 5.41) is 137. The van der Waals surface area contributed by atoms with Crippen LogP contribution in [0.15, 0.2) is 12.2 Å². The van der Waals surface area contributed by atoms with Crippen LogP contribution in [0, 0.1) is 28.1 Å². The molecule has 22 heteroatoms. The molecule has 8 aliphatic rings. The van der Waals surface area contributed by atoms with Crippen molar-refractivity contribution in [1.82, 2.24) is 0 Å². The fraction of sp³-hybridized carbons (Fsp3) is 0.930. The highest BCUT2D eigenvalue weighted by Gasteiger charge is 2.69. The maximum atomic E-state index is 14.3. The molecule has 4 saturated carbocycles. The molecule has 2 bridgehead atoms. The first-order chi connectivity index (χ1) is 30.7. The third-order valence-electron chi connectivity index (χ3n) is 16.7. The molecule has 1 spiro atoms. The van der Waals surface area contributed by atoms with Gasteiger partial charge in [0.05, 0.1) is 37.4 Å². The van der Waals surface area contributed by atoms with E-state index in [-0.39, 0.29) is 17.3 Å². The van der Waals surface area contributed by atoms with Gasteiger partial charge in [-0.3, -0.25) is 4.79 Å². The van der Waals surface area contributed by atoms with Gasteiger partial charge in [0.2, 0.25) is 6.29 Å². The van der Waals surface area contributed by atoms with Crippen molar-refractivity contribution in [2.45, 2.75) is 194 Å². The van der Waals surface area contributed by atoms with Gasteiger partial charge >= 0.3 is 5.97 Å². The minimum absolute atomic E-state index is 0.0488. The van der Waals surface area contributed by atoms with E-state index in [4.69, 9.17) is 37.9 Å². The maximum absolute atomic E-state index is 14.3. The lowest BCUT2D eigenvalue weighted by molar-refractivity contribution is -0.396. The van der Waals surface area contributed by atoms with Crippen molar-refractivity contribution < 1.29 is 109 Å². The summed E-state index contributed by atoms with van der Waals surface area (Å²) in [5.41, 5.74) is -2.19. The van der Waals surface area contributed by atoms with E-state index in [0.717, 1.165) is 12.0 Å². The number of fused-ring (bicyclic) bond motifs is 3. The molecule has 25 atom stereocenters. The fourth-order valence-electron chi connectivity index (χ4n) is 13.2. The van der Waals surface area contributed by atoms with Gasteiger partial charge in [0.15, 0.2) is 18.9 Å². The highest BCUT2D eigenvalue weighted by Crippen LogP contribution is 2.73. The summed E-state index contributed by atoms with van der Waals surface area (Å²) in [7, 11) is 0. The smallest absolute Gasteiger partial charge is 0.314 e. The zero-order valence-corrected chi connectivity index (χ0v) is 36.5. The van der Waals surface area contributed by atoms with Gasteiger partial charge in [0.25, 0.3) is 0 Å². The average Bonchev–Trinajstić information content (AvgIpc) is 3.48. The molecule has 8 rings (SSSR count). The quantitative estimate of drug-likeness (QED) is 0.0528. The number of hydrogen-bond donors (Lipinski definition) is 13. The van der Waals surface area contributed by atoms with E-state index in [0.29, 0.717) is 51.4 Å². The van der Waals surface area contributed by atoms with Crippen molar-refractivity contribution in [3.8, 4) is 0 Å². The number of ether oxygens (including phenoxy) is 8. The Hall–Kier alpha value is -1.59. The number of esters is 1. The highest BCUT2D eigenvalue weighted by atomic mass is 16.8. The van der Waals surface area contributed by atoms with E-state index in [2.05, 4.69) is 13.5 Å². The topological polar surface area (TPSA) is 354 Å². The van der Waals surface area contributed by atoms with Gasteiger partial charge in [0, 0.05) is 0 Å². The molecule has 21 unspecified atom stereocenters. The van der Waals surface area contributed by atoms with Gasteiger partial charge < -0.3 is 104 Å². The molecule has 0 amide bonds. The van der Waals surface area contributed by atoms with Gasteiger partial charge in [-0.1, -0.05) is 19.9 Å². The molecular formula is C43H68O22. The highest BCUT2D eigenvalue weighted by molar-refractivity contribution is 5.77. The molecule has 22 nitrogen and oxygen atoms in total. The summed E-state index contributed by atoms with van der Waals surface area (Å²) in [6.45, 7) is 5.86. The number of aliphatic hydroxyl groups excluding tert-OH is 13. The third kappa shape index (κ3) is 8.32. The summed E-state index contributed by atoms with van der Waals surface area (Å²) in [5.74, 6) is -0.751. The standard InChI is InChI=1S/C43H68O22/c1-17-11-42-9-5-22-40(2,7-4-8-41(22,3)39(57)64-37-32(56)29(53)26(50)20(13-45)60-37)23(42)6-10-43(17,16-42)65-38-34(63-36-31(55)28(52)25(49)19(12-44)59-36)33(27(51)21(14-46)61-38)62-35-30(54)24(48)18(47)15-58-35/h18-38,44-56H,1,4-16H2,2-3H3/t18?,19?,20?,21?,22?,23?,24?,25?,26?,27?,28?,29?,30?,31?,32?,33?,34?,35?,36?,37?,38?,40-,41-,42-,43+/m1/s1. The van der Waals surface area contributed by atoms with Crippen LogP contribution in [0.1, 0.15) is 71.6 Å². The normalized spacial score (nSPS) is 54.7. The van der Waals surface area contributed by atoms with Crippen molar-refractivity contribution in [1.29, 1.82) is 0 Å². The molecule has 13 N–H and O–H groups in total. The largest absolute Gasteiger partial charge is 0.432 e. The van der Waals surface area contributed by atoms with Crippen LogP contribution < -0.4 is 0 Å². The summed E-state index contributed by atoms with van der Waals surface area (Å²) in [6.07, 6.45) is -26.1. The zero-order valence-electron chi connectivity index (χ0n) is 36.5. The first-order valence-corrected chi connectivity index (χ1v) is 22.8. The van der Waals surface area contributed by atoms with E-state index in [1.807, 2.05) is 6.92 Å². The molecule has 0 aromatic carbocycles. The predicted molar refractivity (Wildman–Crippen MR) is 213 cm³/mol. The SMILES string of the molecule is C=C1C[C@@]23CCC4[C@@](C)(CCC[C@@]4(C)C(=O)OC4OC(CO)C(O)C(O)C4O)C2CC[C@]1(OC1OC(CO)C(O)C(OC2OCC(O)C(O)C2O)C1OC1OC(CO)C(O)C(O)C1O)C3. The van der Waals surface area contributed by atoms with Crippen LogP contribution in [0.5, 0.6) is 0 Å². The Labute approximate surface area is 375 Å². The Bertz CT molecular complexity index is 1710. The van der Waals surface area contributed by atoms with E-state index in [9.17, 15) is 71.2 Å². The van der Waals surface area contributed by atoms with Crippen LogP contribution in [0.3, 0.4) is 0 Å². The molecule has 4 heterocycles. The van der Waals surface area contributed by atoms with Crippen molar-refractivity contribution in [3.63, 3.8) is 0 Å². The Balaban J connectivity index is 1.06. The molecule has 65 heavy (non-hydrogen) atoms. The molecule has 4 saturated heterocycles. The van der Waals surface area contributed by atoms with Crippen molar-refractivity contribution in [2.75, 3.05) is 26.4 Å². The average molecular weight is 937 g/mol. The summed E-state index contributed by atoms with van der Waals surface area (Å²) in [4.78, 5) is 14.3. The van der Waals surface area contributed by atoms with Crippen LogP contribution in [-0.2, 0) is 42.7 Å². The van der Waals surface area contributed by atoms with Crippen LogP contribution in [0.4, 0.5) is 0 Å². The fourth-order valence-corrected chi connectivity index (χ4v) is 13.2. The van der Waals surface area contributed by atoms with Crippen LogP contribution in [0.2, 0.25) is 0 Å². The molecule has 0 aromatic heterocycles. The number of carbonyl (C=O) groups is 1. The number of rotatable bonds is 11. The first-order valence-electron chi connectivity index (χ1n) is 22.8. The van der Waals surface area contributed by atoms with Crippen LogP contribution in [0.25, 0.3) is 0 Å². The van der Waals surface area contributed by atoms with Gasteiger partial charge in [-0.2, -0.15) is 0 Å². The summed E-state index contributed by atoms with van der Waals surface area (Å²) < 4.78 is 48.1. The van der Waals surface area contributed by atoms with Gasteiger partial charge in [-0.15, -0.1) is 0 Å². The van der Waals surface area contributed by atoms with Gasteiger partial charge in [-0.25, -0.2) is 0 Å². The Morgan fingerprint density at radius 3 is 1.83 bits per heavy atom. The predicted octanol–water partition coefficient (Wildman–Crippen LogP) is -4.47. The Morgan fingerprint density at radius 2 is 1.18 bits per heavy atom. The minimum Gasteiger partial charge on any atom is -0.432 e. The molecule has 4 aliphatic heterocycles. The first kappa shape index (κ1) is 49.8. The molecule has 0 aromatic rings. The van der Waals surface area contributed by atoms with Crippen molar-refractivity contribution in [2.24, 2.45) is 28.1 Å². The second kappa shape index (κ2) is 18.6. The Morgan fingerprint density at radius 1 is 0.631 bits per heavy atom. The van der Waals surface area contributed by atoms with Crippen molar-refractivity contribution >= 4 is 5.97 Å². The molecule has 8 fully saturated rings. The van der Waals surface area contributed by atoms with Gasteiger partial charge in [0.1, 0.15) is 91.6 Å². The van der Waals surface area contributed by atoms with Crippen LogP contribution in [-0.4, -0.2) is 221 Å². The summed E-state index contributed by atoms with van der Waals surface area (Å²) in [6, 6.07) is 0. The lowest BCUT2D eigenvalue weighted by Gasteiger charge is -2.64. The number of hydrogen-bond acceptors (Lipinski definition) is 22. The maximum Gasteiger partial charge on any atom is 0.314 e. The van der Waals surface area contributed by atoms with E-state index >= 15 is 0 Å². The molecule has 4 aliphatic carbocycles. The van der Waals surface area contributed by atoms with E-state index < -0.39 is 166 Å². The monoisotopic (exact) mass is 936 g/mol. The lowest BCUT2D eigenvalue weighted by atomic mass is 9.41. The van der Waals surface area contributed by atoms with E-state index in [1.54, 1.807) is 0 Å². The molecule has 0 radical (unpaired) electrons. The van der Waals surface area contributed by atoms with E-state index in [1.165, 1.54) is 0 Å². The minimum atomic E-state index is -1.92. The van der Waals surface area contributed by atoms with Gasteiger partial charge in [-0.05, 0) is 86.5 Å². The second-order valence-electron chi connectivity index (χ2n) is 20.4. The van der Waals surface area contributed by atoms with Crippen molar-refractivity contribution in [3.05, 3.63) is 12.2 Å². The number of carbonyl (C=O) groups excluding carboxylic acids is 1. The van der Waals surface area contributed by atoms with Crippen LogP contribution >= 0.6 is 0 Å². The second-order valence-corrected chi connectivity index (χ2v) is 20.4. The molecular weight excluding hydrogens is 868 g/mol.